The molecule has 0 aromatic rings. The first-order chi connectivity index (χ1) is 6.31. The van der Waals surface area contributed by atoms with Crippen molar-refractivity contribution in [1.29, 1.82) is 0 Å². The van der Waals surface area contributed by atoms with Gasteiger partial charge in [0.2, 0.25) is 0 Å². The van der Waals surface area contributed by atoms with Crippen molar-refractivity contribution in [3.05, 3.63) is 0 Å². The number of hydrogen-bond donors (Lipinski definition) is 0. The van der Waals surface area contributed by atoms with Crippen LogP contribution in [0.2, 0.25) is 0 Å². The highest BCUT2D eigenvalue weighted by atomic mass is 16.6. The minimum Gasteiger partial charge on any atom is -0.366 e. The molecule has 0 saturated carbocycles. The lowest BCUT2D eigenvalue weighted by Crippen LogP contribution is -2.09. The van der Waals surface area contributed by atoms with Gasteiger partial charge in [-0.05, 0) is 39.0 Å². The molecular weight excluding hydrogens is 160 g/mol. The van der Waals surface area contributed by atoms with E-state index in [1.54, 1.807) is 0 Å². The van der Waals surface area contributed by atoms with Crippen molar-refractivity contribution in [1.82, 2.24) is 0 Å². The maximum absolute atomic E-state index is 5.73. The SMILES string of the molecule is C[C@@]12CCCCC#CCCC[C@H]1O2. The number of hydrogen-bond acceptors (Lipinski definition) is 1. The van der Waals surface area contributed by atoms with E-state index in [9.17, 15) is 0 Å². The van der Waals surface area contributed by atoms with Gasteiger partial charge in [0, 0.05) is 12.8 Å². The largest absolute Gasteiger partial charge is 0.366 e. The molecule has 0 unspecified atom stereocenters. The van der Waals surface area contributed by atoms with Crippen molar-refractivity contribution in [2.75, 3.05) is 0 Å². The molecule has 0 N–H and O–H groups in total. The van der Waals surface area contributed by atoms with E-state index in [1.165, 1.54) is 32.1 Å². The second kappa shape index (κ2) is 3.72. The summed E-state index contributed by atoms with van der Waals surface area (Å²) in [5, 5.41) is 0. The van der Waals surface area contributed by atoms with Gasteiger partial charge in [0.1, 0.15) is 0 Å². The average Bonchev–Trinajstić information content (AvgIpc) is 2.73. The Balaban J connectivity index is 1.86. The van der Waals surface area contributed by atoms with Gasteiger partial charge in [0.05, 0.1) is 11.7 Å². The maximum Gasteiger partial charge on any atom is 0.0920 e. The Morgan fingerprint density at radius 2 is 1.92 bits per heavy atom. The van der Waals surface area contributed by atoms with Crippen molar-refractivity contribution in [2.24, 2.45) is 0 Å². The van der Waals surface area contributed by atoms with Crippen molar-refractivity contribution in [2.45, 2.75) is 63.6 Å². The van der Waals surface area contributed by atoms with E-state index in [4.69, 9.17) is 4.74 Å². The molecule has 1 fully saturated rings. The van der Waals surface area contributed by atoms with E-state index in [0.717, 1.165) is 12.8 Å². The normalized spacial score (nSPS) is 39.3. The van der Waals surface area contributed by atoms with Crippen LogP contribution in [0.3, 0.4) is 0 Å². The number of rotatable bonds is 0. The van der Waals surface area contributed by atoms with Gasteiger partial charge >= 0.3 is 0 Å². The third kappa shape index (κ3) is 2.25. The molecule has 1 nitrogen and oxygen atoms in total. The zero-order valence-electron chi connectivity index (χ0n) is 8.44. The van der Waals surface area contributed by atoms with E-state index >= 15 is 0 Å². The summed E-state index contributed by atoms with van der Waals surface area (Å²) >= 11 is 0. The highest BCUT2D eigenvalue weighted by Gasteiger charge is 2.50. The minimum absolute atomic E-state index is 0.240. The Hall–Kier alpha value is -0.480. The number of epoxide rings is 1. The zero-order valence-corrected chi connectivity index (χ0v) is 8.44. The standard InChI is InChI=1S/C12H18O/c1-12-10-8-6-4-2-3-5-7-9-11(12)13-12/h11H,4-10H2,1H3/t11-,12-/m1/s1. The van der Waals surface area contributed by atoms with Crippen molar-refractivity contribution >= 4 is 0 Å². The summed E-state index contributed by atoms with van der Waals surface area (Å²) in [4.78, 5) is 0. The van der Waals surface area contributed by atoms with Crippen molar-refractivity contribution in [3.8, 4) is 11.8 Å². The summed E-state index contributed by atoms with van der Waals surface area (Å²) in [6, 6.07) is 0. The van der Waals surface area contributed by atoms with Crippen molar-refractivity contribution in [3.63, 3.8) is 0 Å². The predicted octanol–water partition coefficient (Wildman–Crippen LogP) is 2.89. The summed E-state index contributed by atoms with van der Waals surface area (Å²) < 4.78 is 5.73. The molecule has 2 aliphatic rings. The smallest absolute Gasteiger partial charge is 0.0920 e. The predicted molar refractivity (Wildman–Crippen MR) is 53.4 cm³/mol. The van der Waals surface area contributed by atoms with Gasteiger partial charge in [0.25, 0.3) is 0 Å². The van der Waals surface area contributed by atoms with Crippen LogP contribution in [0.5, 0.6) is 0 Å². The van der Waals surface area contributed by atoms with Crippen LogP contribution in [0.15, 0.2) is 0 Å². The van der Waals surface area contributed by atoms with Crippen LogP contribution >= 0.6 is 0 Å². The molecule has 0 amide bonds. The first kappa shape index (κ1) is 9.09. The minimum atomic E-state index is 0.240. The van der Waals surface area contributed by atoms with Gasteiger partial charge in [-0.15, -0.1) is 11.8 Å². The molecule has 0 spiro atoms. The fraction of sp³-hybridized carbons (Fsp3) is 0.833. The van der Waals surface area contributed by atoms with Gasteiger partial charge in [-0.2, -0.15) is 0 Å². The molecule has 0 aromatic carbocycles. The summed E-state index contributed by atoms with van der Waals surface area (Å²) in [5.41, 5.74) is 0.240. The van der Waals surface area contributed by atoms with E-state index in [1.807, 2.05) is 0 Å². The molecule has 2 rings (SSSR count). The van der Waals surface area contributed by atoms with Gasteiger partial charge < -0.3 is 4.74 Å². The Morgan fingerprint density at radius 3 is 2.77 bits per heavy atom. The summed E-state index contributed by atoms with van der Waals surface area (Å²) in [6.45, 7) is 2.26. The van der Waals surface area contributed by atoms with Crippen LogP contribution < -0.4 is 0 Å². The number of fused-ring (bicyclic) bond motifs is 1. The topological polar surface area (TPSA) is 12.5 Å². The molecule has 72 valence electrons. The highest BCUT2D eigenvalue weighted by molar-refractivity contribution is 5.03. The molecule has 0 bridgehead atoms. The zero-order chi connectivity index (χ0) is 9.15. The Labute approximate surface area is 80.9 Å². The molecule has 0 radical (unpaired) electrons. The molecule has 1 aliphatic carbocycles. The van der Waals surface area contributed by atoms with Crippen LogP contribution in [0.1, 0.15) is 51.9 Å². The monoisotopic (exact) mass is 178 g/mol. The molecule has 13 heavy (non-hydrogen) atoms. The molecule has 1 saturated heterocycles. The molecular formula is C12H18O. The molecule has 1 heteroatoms. The summed E-state index contributed by atoms with van der Waals surface area (Å²) in [7, 11) is 0. The lowest BCUT2D eigenvalue weighted by Gasteiger charge is -2.04. The van der Waals surface area contributed by atoms with Crippen molar-refractivity contribution < 1.29 is 4.74 Å². The molecule has 1 heterocycles. The van der Waals surface area contributed by atoms with E-state index in [2.05, 4.69) is 18.8 Å². The van der Waals surface area contributed by atoms with Crippen LogP contribution in [0, 0.1) is 11.8 Å². The Morgan fingerprint density at radius 1 is 1.15 bits per heavy atom. The third-order valence-electron chi connectivity index (χ3n) is 3.15. The van der Waals surface area contributed by atoms with E-state index in [-0.39, 0.29) is 5.60 Å². The van der Waals surface area contributed by atoms with Crippen LogP contribution in [0.25, 0.3) is 0 Å². The van der Waals surface area contributed by atoms with Gasteiger partial charge in [-0.1, -0.05) is 0 Å². The van der Waals surface area contributed by atoms with Crippen LogP contribution in [-0.2, 0) is 4.74 Å². The fourth-order valence-corrected chi connectivity index (χ4v) is 2.12. The van der Waals surface area contributed by atoms with Gasteiger partial charge in [-0.25, -0.2) is 0 Å². The maximum atomic E-state index is 5.73. The van der Waals surface area contributed by atoms with Gasteiger partial charge in [-0.3, -0.25) is 0 Å². The molecule has 1 aliphatic heterocycles. The molecule has 2 atom stereocenters. The first-order valence-corrected chi connectivity index (χ1v) is 5.45. The average molecular weight is 178 g/mol. The molecule has 0 aromatic heterocycles. The summed E-state index contributed by atoms with van der Waals surface area (Å²) in [6.07, 6.45) is 8.89. The van der Waals surface area contributed by atoms with E-state index < -0.39 is 0 Å². The lowest BCUT2D eigenvalue weighted by atomic mass is 9.97. The fourth-order valence-electron chi connectivity index (χ4n) is 2.12. The lowest BCUT2D eigenvalue weighted by molar-refractivity contribution is 0.288. The summed E-state index contributed by atoms with van der Waals surface area (Å²) in [5.74, 6) is 6.46. The third-order valence-corrected chi connectivity index (χ3v) is 3.15. The quantitative estimate of drug-likeness (QED) is 0.410. The van der Waals surface area contributed by atoms with Gasteiger partial charge in [0.15, 0.2) is 0 Å². The second-order valence-electron chi connectivity index (χ2n) is 4.37. The van der Waals surface area contributed by atoms with Crippen LogP contribution in [-0.4, -0.2) is 11.7 Å². The Bertz CT molecular complexity index is 235. The Kier molecular flexibility index (Phi) is 2.60. The van der Waals surface area contributed by atoms with Crippen LogP contribution in [0.4, 0.5) is 0 Å². The second-order valence-corrected chi connectivity index (χ2v) is 4.37. The number of ether oxygens (including phenoxy) is 1. The highest BCUT2D eigenvalue weighted by Crippen LogP contribution is 2.43. The first-order valence-electron chi connectivity index (χ1n) is 5.45. The van der Waals surface area contributed by atoms with E-state index in [0.29, 0.717) is 6.10 Å².